The third-order valence-electron chi connectivity index (χ3n) is 6.99. The van der Waals surface area contributed by atoms with E-state index in [2.05, 4.69) is 4.98 Å². The van der Waals surface area contributed by atoms with Crippen molar-refractivity contribution in [3.8, 4) is 5.75 Å². The van der Waals surface area contributed by atoms with Crippen molar-refractivity contribution in [2.75, 3.05) is 19.7 Å². The van der Waals surface area contributed by atoms with Gasteiger partial charge in [0.2, 0.25) is 22.5 Å². The van der Waals surface area contributed by atoms with Crippen LogP contribution in [-0.4, -0.2) is 73.3 Å². The first kappa shape index (κ1) is 30.4. The van der Waals surface area contributed by atoms with E-state index in [4.69, 9.17) is 9.47 Å². The summed E-state index contributed by atoms with van der Waals surface area (Å²) in [6, 6.07) is 5.72. The molecule has 2 aromatic heterocycles. The Balaban J connectivity index is 1.66. The number of halogens is 1. The van der Waals surface area contributed by atoms with Gasteiger partial charge in [-0.25, -0.2) is 13.8 Å². The zero-order chi connectivity index (χ0) is 29.7. The summed E-state index contributed by atoms with van der Waals surface area (Å²) in [4.78, 5) is 58.5. The van der Waals surface area contributed by atoms with Gasteiger partial charge in [0.1, 0.15) is 18.6 Å². The van der Waals surface area contributed by atoms with Crippen LogP contribution in [-0.2, 0) is 20.9 Å². The highest BCUT2D eigenvalue weighted by molar-refractivity contribution is 8.15. The quantitative estimate of drug-likeness (QED) is 0.247. The van der Waals surface area contributed by atoms with Gasteiger partial charge in [-0.05, 0) is 38.0 Å². The number of imidazole rings is 1. The summed E-state index contributed by atoms with van der Waals surface area (Å²) in [6.45, 7) is 8.56. The summed E-state index contributed by atoms with van der Waals surface area (Å²) in [5, 5.41) is -1.44. The Bertz CT molecular complexity index is 1450. The number of carbonyl (C=O) groups excluding carboxylic acids is 3. The van der Waals surface area contributed by atoms with Crippen molar-refractivity contribution in [1.29, 1.82) is 0 Å². The fourth-order valence-corrected chi connectivity index (χ4v) is 5.69. The highest BCUT2D eigenvalue weighted by Crippen LogP contribution is 2.31. The number of nitrogens with zero attached hydrogens (tertiary/aromatic N) is 4. The number of rotatable bonds is 11. The van der Waals surface area contributed by atoms with E-state index in [1.165, 1.54) is 27.3 Å². The molecule has 220 valence electrons. The second-order valence-electron chi connectivity index (χ2n) is 10.3. The molecular weight excluding hydrogens is 551 g/mol. The van der Waals surface area contributed by atoms with Crippen LogP contribution in [0.2, 0.25) is 0 Å². The van der Waals surface area contributed by atoms with E-state index in [1.807, 2.05) is 20.8 Å². The van der Waals surface area contributed by atoms with Gasteiger partial charge in [-0.15, -0.1) is 0 Å². The molecule has 2 unspecified atom stereocenters. The van der Waals surface area contributed by atoms with Crippen molar-refractivity contribution in [3.05, 3.63) is 64.1 Å². The molecule has 1 aliphatic rings. The second kappa shape index (κ2) is 13.4. The molecule has 10 nitrogen and oxygen atoms in total. The fraction of sp³-hybridized carbons (Fsp3) is 0.483. The van der Waals surface area contributed by atoms with Crippen LogP contribution in [0.25, 0.3) is 5.78 Å². The van der Waals surface area contributed by atoms with Crippen LogP contribution in [0, 0.1) is 5.82 Å². The van der Waals surface area contributed by atoms with E-state index in [-0.39, 0.29) is 48.5 Å². The molecule has 12 heteroatoms. The van der Waals surface area contributed by atoms with Crippen molar-refractivity contribution in [2.45, 2.75) is 70.5 Å². The van der Waals surface area contributed by atoms with Gasteiger partial charge in [0.15, 0.2) is 5.69 Å². The maximum absolute atomic E-state index is 13.6. The van der Waals surface area contributed by atoms with E-state index in [9.17, 15) is 23.6 Å². The average Bonchev–Trinajstić information content (AvgIpc) is 3.34. The van der Waals surface area contributed by atoms with Crippen LogP contribution < -0.4 is 10.3 Å². The van der Waals surface area contributed by atoms with Crippen LogP contribution in [0.5, 0.6) is 5.75 Å². The standard InChI is InChI=1S/C29H35FN4O6S/c1-5-6-13-39-26-25(28(38)41-23(17-35)20(4)21-7-9-22(30)10-8-21)31-29-32(11-12-34(29)27(26)37)16-24(36)33-14-18(2)40-19(3)15-33/h7-12,17-20,23H,5-6,13-16H2,1-4H3/t18-,19+,20?,23?. The number of unbranched alkanes of at least 4 members (excludes halogenated alkanes) is 1. The minimum absolute atomic E-state index is 0.0856. The Morgan fingerprint density at radius 2 is 1.88 bits per heavy atom. The lowest BCUT2D eigenvalue weighted by molar-refractivity contribution is -0.143. The van der Waals surface area contributed by atoms with Crippen molar-refractivity contribution >= 4 is 34.8 Å². The lowest BCUT2D eigenvalue weighted by Gasteiger charge is -2.35. The number of amides is 1. The van der Waals surface area contributed by atoms with Crippen molar-refractivity contribution < 1.29 is 28.2 Å². The molecule has 1 aliphatic heterocycles. The number of fused-ring (bicyclic) bond motifs is 1. The molecule has 0 radical (unpaired) electrons. The number of benzene rings is 1. The molecule has 3 heterocycles. The first-order valence-corrected chi connectivity index (χ1v) is 14.6. The number of aromatic nitrogens is 3. The van der Waals surface area contributed by atoms with Crippen LogP contribution in [0.4, 0.5) is 4.39 Å². The van der Waals surface area contributed by atoms with Crippen LogP contribution >= 0.6 is 11.8 Å². The Kier molecular flexibility index (Phi) is 9.98. The summed E-state index contributed by atoms with van der Waals surface area (Å²) in [5.41, 5.74) is -0.106. The van der Waals surface area contributed by atoms with E-state index in [1.54, 1.807) is 30.2 Å². The topological polar surface area (TPSA) is 112 Å². The largest absolute Gasteiger partial charge is 0.486 e. The molecule has 0 aliphatic carbocycles. The third kappa shape index (κ3) is 7.05. The summed E-state index contributed by atoms with van der Waals surface area (Å²) in [5.74, 6) is -1.08. The minimum atomic E-state index is -0.824. The van der Waals surface area contributed by atoms with Crippen LogP contribution in [0.15, 0.2) is 41.5 Å². The van der Waals surface area contributed by atoms with E-state index >= 15 is 0 Å². The molecule has 0 saturated carbocycles. The predicted molar refractivity (Wildman–Crippen MR) is 153 cm³/mol. The number of carbonyl (C=O) groups is 3. The summed E-state index contributed by atoms with van der Waals surface area (Å²) >= 11 is 0.731. The maximum atomic E-state index is 13.6. The highest BCUT2D eigenvalue weighted by Gasteiger charge is 2.30. The molecule has 1 fully saturated rings. The first-order chi connectivity index (χ1) is 19.6. The van der Waals surface area contributed by atoms with Gasteiger partial charge in [-0.1, -0.05) is 44.2 Å². The molecule has 4 atom stereocenters. The third-order valence-corrected chi connectivity index (χ3v) is 8.19. The van der Waals surface area contributed by atoms with Gasteiger partial charge < -0.3 is 23.7 Å². The number of aldehydes is 1. The van der Waals surface area contributed by atoms with Gasteiger partial charge in [-0.3, -0.25) is 14.4 Å². The van der Waals surface area contributed by atoms with Crippen molar-refractivity contribution in [1.82, 2.24) is 18.9 Å². The Hall–Kier alpha value is -3.51. The summed E-state index contributed by atoms with van der Waals surface area (Å²) in [7, 11) is 0. The van der Waals surface area contributed by atoms with Crippen LogP contribution in [0.1, 0.15) is 62.5 Å². The zero-order valence-corrected chi connectivity index (χ0v) is 24.4. The molecule has 41 heavy (non-hydrogen) atoms. The van der Waals surface area contributed by atoms with Gasteiger partial charge in [0, 0.05) is 31.4 Å². The van der Waals surface area contributed by atoms with E-state index in [0.717, 1.165) is 18.2 Å². The average molecular weight is 587 g/mol. The predicted octanol–water partition coefficient (Wildman–Crippen LogP) is 3.69. The lowest BCUT2D eigenvalue weighted by atomic mass is 9.98. The molecule has 0 N–H and O–H groups in total. The SMILES string of the molecule is CCCCOc1c(C(=O)SC(C=O)C(C)c2ccc(F)cc2)nc2n(CC(=O)N3C[C@@H](C)O[C@@H](C)C3)ccn2c1=O. The van der Waals surface area contributed by atoms with E-state index < -0.39 is 27.7 Å². The smallest absolute Gasteiger partial charge is 0.302 e. The Labute approximate surface area is 241 Å². The highest BCUT2D eigenvalue weighted by atomic mass is 32.2. The second-order valence-corrected chi connectivity index (χ2v) is 11.4. The summed E-state index contributed by atoms with van der Waals surface area (Å²) < 4.78 is 27.7. The number of ether oxygens (including phenoxy) is 2. The van der Waals surface area contributed by atoms with E-state index in [0.29, 0.717) is 31.4 Å². The lowest BCUT2D eigenvalue weighted by Crippen LogP contribution is -2.49. The number of hydrogen-bond donors (Lipinski definition) is 0. The van der Waals surface area contributed by atoms with Gasteiger partial charge in [-0.2, -0.15) is 0 Å². The first-order valence-electron chi connectivity index (χ1n) is 13.7. The van der Waals surface area contributed by atoms with Crippen molar-refractivity contribution in [3.63, 3.8) is 0 Å². The van der Waals surface area contributed by atoms with Gasteiger partial charge in [0.05, 0.1) is 24.1 Å². The Morgan fingerprint density at radius 1 is 1.20 bits per heavy atom. The minimum Gasteiger partial charge on any atom is -0.486 e. The number of morpholine rings is 1. The van der Waals surface area contributed by atoms with Crippen LogP contribution in [0.3, 0.4) is 0 Å². The molecule has 4 rings (SSSR count). The van der Waals surface area contributed by atoms with Gasteiger partial charge >= 0.3 is 5.56 Å². The fourth-order valence-electron chi connectivity index (χ4n) is 4.78. The molecule has 0 spiro atoms. The molecular formula is C29H35FN4O6S. The van der Waals surface area contributed by atoms with Crippen molar-refractivity contribution in [2.24, 2.45) is 0 Å². The monoisotopic (exact) mass is 586 g/mol. The normalized spacial score (nSPS) is 18.7. The molecule has 1 saturated heterocycles. The molecule has 1 amide bonds. The summed E-state index contributed by atoms with van der Waals surface area (Å²) in [6.07, 6.45) is 4.99. The molecule has 1 aromatic carbocycles. The molecule has 3 aromatic rings. The zero-order valence-electron chi connectivity index (χ0n) is 23.6. The van der Waals surface area contributed by atoms with Gasteiger partial charge in [0.25, 0.3) is 0 Å². The number of hydrogen-bond acceptors (Lipinski definition) is 8. The Morgan fingerprint density at radius 3 is 2.51 bits per heavy atom. The maximum Gasteiger partial charge on any atom is 0.302 e. The number of thioether (sulfide) groups is 1. The molecule has 0 bridgehead atoms.